The molecule has 1 rings (SSSR count). The van der Waals surface area contributed by atoms with Gasteiger partial charge in [0.1, 0.15) is 12.2 Å². The first-order valence-corrected chi connectivity index (χ1v) is 6.99. The molecular weight excluding hydrogens is 286 g/mol. The van der Waals surface area contributed by atoms with Gasteiger partial charge in [0, 0.05) is 23.9 Å². The Bertz CT molecular complexity index is 565. The molecule has 7 nitrogen and oxygen atoms in total. The standard InChI is InChI=1S/C15H19N3O4/c1-4-14(9-10(2)21-11(3)19)22-15(20)12-5-7-13(8-6-12)17-18-16/h5-8,10,14H,4,9H2,1-3H3. The van der Waals surface area contributed by atoms with Crippen LogP contribution in [0.15, 0.2) is 29.4 Å². The largest absolute Gasteiger partial charge is 0.463 e. The molecule has 2 unspecified atom stereocenters. The van der Waals surface area contributed by atoms with Gasteiger partial charge in [0.05, 0.1) is 5.56 Å². The second-order valence-electron chi connectivity index (χ2n) is 4.83. The second-order valence-corrected chi connectivity index (χ2v) is 4.83. The minimum absolute atomic E-state index is 0.317. The molecule has 0 aliphatic heterocycles. The molecule has 2 atom stereocenters. The fraction of sp³-hybridized carbons (Fsp3) is 0.467. The Kier molecular flexibility index (Phi) is 6.92. The summed E-state index contributed by atoms with van der Waals surface area (Å²) in [5, 5.41) is 3.43. The van der Waals surface area contributed by atoms with E-state index in [1.807, 2.05) is 6.92 Å². The lowest BCUT2D eigenvalue weighted by atomic mass is 10.1. The zero-order chi connectivity index (χ0) is 16.5. The summed E-state index contributed by atoms with van der Waals surface area (Å²) in [6.45, 7) is 4.99. The van der Waals surface area contributed by atoms with Gasteiger partial charge in [-0.3, -0.25) is 4.79 Å². The van der Waals surface area contributed by atoms with Gasteiger partial charge in [0.15, 0.2) is 0 Å². The van der Waals surface area contributed by atoms with E-state index in [9.17, 15) is 9.59 Å². The summed E-state index contributed by atoms with van der Waals surface area (Å²) >= 11 is 0. The Labute approximate surface area is 128 Å². The zero-order valence-electron chi connectivity index (χ0n) is 12.9. The van der Waals surface area contributed by atoms with E-state index in [4.69, 9.17) is 15.0 Å². The summed E-state index contributed by atoms with van der Waals surface area (Å²) < 4.78 is 10.4. The van der Waals surface area contributed by atoms with Crippen molar-refractivity contribution in [3.63, 3.8) is 0 Å². The molecule has 1 aromatic rings. The highest BCUT2D eigenvalue weighted by molar-refractivity contribution is 5.89. The van der Waals surface area contributed by atoms with Crippen molar-refractivity contribution < 1.29 is 19.1 Å². The smallest absolute Gasteiger partial charge is 0.338 e. The summed E-state index contributed by atoms with van der Waals surface area (Å²) in [7, 11) is 0. The number of hydrogen-bond acceptors (Lipinski definition) is 5. The molecule has 0 amide bonds. The molecule has 0 spiro atoms. The summed E-state index contributed by atoms with van der Waals surface area (Å²) in [6.07, 6.45) is 0.411. The van der Waals surface area contributed by atoms with Gasteiger partial charge in [0.25, 0.3) is 0 Å². The van der Waals surface area contributed by atoms with Gasteiger partial charge in [-0.2, -0.15) is 0 Å². The Morgan fingerprint density at radius 1 is 1.27 bits per heavy atom. The Balaban J connectivity index is 2.64. The van der Waals surface area contributed by atoms with Crippen molar-refractivity contribution in [2.45, 2.75) is 45.8 Å². The first kappa shape index (κ1) is 17.5. The highest BCUT2D eigenvalue weighted by Crippen LogP contribution is 2.16. The second kappa shape index (κ2) is 8.69. The van der Waals surface area contributed by atoms with E-state index in [1.165, 1.54) is 19.1 Å². The summed E-state index contributed by atoms with van der Waals surface area (Å²) in [4.78, 5) is 25.6. The van der Waals surface area contributed by atoms with E-state index in [0.29, 0.717) is 24.1 Å². The Hall–Kier alpha value is -2.53. The normalized spacial score (nSPS) is 12.7. The number of azide groups is 1. The molecule has 0 radical (unpaired) electrons. The third kappa shape index (κ3) is 5.85. The highest BCUT2D eigenvalue weighted by Gasteiger charge is 2.18. The number of benzene rings is 1. The van der Waals surface area contributed by atoms with Crippen molar-refractivity contribution in [3.05, 3.63) is 40.3 Å². The summed E-state index contributed by atoms with van der Waals surface area (Å²) in [5.74, 6) is -0.823. The highest BCUT2D eigenvalue weighted by atomic mass is 16.6. The van der Waals surface area contributed by atoms with Crippen molar-refractivity contribution in [1.82, 2.24) is 0 Å². The number of nitrogens with zero attached hydrogens (tertiary/aromatic N) is 3. The fourth-order valence-corrected chi connectivity index (χ4v) is 1.93. The van der Waals surface area contributed by atoms with Crippen LogP contribution in [0.2, 0.25) is 0 Å². The number of ether oxygens (including phenoxy) is 2. The van der Waals surface area contributed by atoms with Crippen LogP contribution >= 0.6 is 0 Å². The van der Waals surface area contributed by atoms with E-state index in [2.05, 4.69) is 10.0 Å². The van der Waals surface area contributed by atoms with Gasteiger partial charge in [-0.05, 0) is 31.0 Å². The monoisotopic (exact) mass is 305 g/mol. The van der Waals surface area contributed by atoms with E-state index >= 15 is 0 Å². The minimum atomic E-state index is -0.464. The number of esters is 2. The molecule has 0 heterocycles. The van der Waals surface area contributed by atoms with Gasteiger partial charge in [0.2, 0.25) is 0 Å². The van der Waals surface area contributed by atoms with Crippen molar-refractivity contribution in [2.24, 2.45) is 5.11 Å². The lowest BCUT2D eigenvalue weighted by molar-refractivity contribution is -0.146. The maximum Gasteiger partial charge on any atom is 0.338 e. The van der Waals surface area contributed by atoms with Gasteiger partial charge >= 0.3 is 11.9 Å². The summed E-state index contributed by atoms with van der Waals surface area (Å²) in [6, 6.07) is 6.15. The number of rotatable bonds is 7. The summed E-state index contributed by atoms with van der Waals surface area (Å²) in [5.41, 5.74) is 9.12. The molecule has 22 heavy (non-hydrogen) atoms. The van der Waals surface area contributed by atoms with Crippen molar-refractivity contribution in [3.8, 4) is 0 Å². The van der Waals surface area contributed by atoms with E-state index in [1.54, 1.807) is 19.1 Å². The minimum Gasteiger partial charge on any atom is -0.463 e. The lowest BCUT2D eigenvalue weighted by Crippen LogP contribution is -2.24. The molecule has 7 heteroatoms. The molecule has 0 saturated carbocycles. The molecule has 0 saturated heterocycles. The topological polar surface area (TPSA) is 101 Å². The van der Waals surface area contributed by atoms with Crippen LogP contribution in [0.1, 0.15) is 44.0 Å². The van der Waals surface area contributed by atoms with Crippen LogP contribution in [0, 0.1) is 0 Å². The van der Waals surface area contributed by atoms with Gasteiger partial charge in [-0.15, -0.1) is 0 Å². The average molecular weight is 305 g/mol. The van der Waals surface area contributed by atoms with Crippen LogP contribution in [0.3, 0.4) is 0 Å². The van der Waals surface area contributed by atoms with Crippen LogP contribution < -0.4 is 0 Å². The zero-order valence-corrected chi connectivity index (χ0v) is 12.9. The molecule has 0 fully saturated rings. The van der Waals surface area contributed by atoms with Crippen LogP contribution in [0.5, 0.6) is 0 Å². The molecule has 0 bridgehead atoms. The molecule has 0 aromatic heterocycles. The molecule has 118 valence electrons. The van der Waals surface area contributed by atoms with Crippen LogP contribution in [0.25, 0.3) is 10.4 Å². The first-order chi connectivity index (χ1) is 10.5. The van der Waals surface area contributed by atoms with Crippen molar-refractivity contribution in [1.29, 1.82) is 0 Å². The van der Waals surface area contributed by atoms with Crippen LogP contribution in [-0.4, -0.2) is 24.1 Å². The van der Waals surface area contributed by atoms with E-state index in [0.717, 1.165) is 0 Å². The quantitative estimate of drug-likeness (QED) is 0.330. The first-order valence-electron chi connectivity index (χ1n) is 6.99. The third-order valence-corrected chi connectivity index (χ3v) is 2.95. The average Bonchev–Trinajstić information content (AvgIpc) is 2.46. The van der Waals surface area contributed by atoms with Crippen molar-refractivity contribution in [2.75, 3.05) is 0 Å². The number of carbonyl (C=O) groups is 2. The van der Waals surface area contributed by atoms with Crippen molar-refractivity contribution >= 4 is 17.6 Å². The molecule has 0 aliphatic carbocycles. The van der Waals surface area contributed by atoms with E-state index < -0.39 is 5.97 Å². The Morgan fingerprint density at radius 2 is 1.91 bits per heavy atom. The van der Waals surface area contributed by atoms with Gasteiger partial charge in [-0.25, -0.2) is 4.79 Å². The number of carbonyl (C=O) groups excluding carboxylic acids is 2. The molecule has 0 aliphatic rings. The molecular formula is C15H19N3O4. The lowest BCUT2D eigenvalue weighted by Gasteiger charge is -2.20. The molecule has 1 aromatic carbocycles. The third-order valence-electron chi connectivity index (χ3n) is 2.95. The van der Waals surface area contributed by atoms with E-state index in [-0.39, 0.29) is 18.2 Å². The SMILES string of the molecule is CCC(CC(C)OC(C)=O)OC(=O)c1ccc(N=[N+]=[N-])cc1. The fourth-order valence-electron chi connectivity index (χ4n) is 1.93. The predicted octanol–water partition coefficient (Wildman–Crippen LogP) is 3.91. The van der Waals surface area contributed by atoms with Crippen LogP contribution in [0.4, 0.5) is 5.69 Å². The molecule has 0 N–H and O–H groups in total. The maximum absolute atomic E-state index is 12.1. The van der Waals surface area contributed by atoms with Gasteiger partial charge < -0.3 is 9.47 Å². The van der Waals surface area contributed by atoms with Gasteiger partial charge in [-0.1, -0.05) is 24.2 Å². The Morgan fingerprint density at radius 3 is 2.41 bits per heavy atom. The van der Waals surface area contributed by atoms with Crippen LogP contribution in [-0.2, 0) is 14.3 Å². The maximum atomic E-state index is 12.1. The predicted molar refractivity (Wildman–Crippen MR) is 80.6 cm³/mol. The number of hydrogen-bond donors (Lipinski definition) is 0.